The summed E-state index contributed by atoms with van der Waals surface area (Å²) in [5, 5.41) is 0. The largest absolute Gasteiger partial charge is 1.00 e. The van der Waals surface area contributed by atoms with Crippen LogP contribution in [-0.2, 0) is 6.54 Å². The Kier molecular flexibility index (Phi) is 4.04. The molecule has 0 bridgehead atoms. The number of anilines is 1. The van der Waals surface area contributed by atoms with Crippen LogP contribution in [0.4, 0.5) is 5.69 Å². The third-order valence-corrected chi connectivity index (χ3v) is 2.91. The molecule has 0 atom stereocenters. The van der Waals surface area contributed by atoms with Gasteiger partial charge in [0.25, 0.3) is 0 Å². The molecular formula is C14H14IN3O. The van der Waals surface area contributed by atoms with Crippen LogP contribution in [0.15, 0.2) is 47.1 Å². The van der Waals surface area contributed by atoms with Gasteiger partial charge in [-0.15, -0.1) is 0 Å². The fourth-order valence-corrected chi connectivity index (χ4v) is 1.88. The van der Waals surface area contributed by atoms with Crippen LogP contribution in [0, 0.1) is 0 Å². The average Bonchev–Trinajstić information content (AvgIpc) is 2.81. The monoisotopic (exact) mass is 367 g/mol. The number of rotatable bonds is 2. The second-order valence-electron chi connectivity index (χ2n) is 4.16. The third kappa shape index (κ3) is 2.70. The number of oxazole rings is 1. The molecule has 2 heterocycles. The SMILES string of the molecule is CC[n+]1ccc(-c2nc3cc(N)ccc3o2)cc1.[I-]. The highest BCUT2D eigenvalue weighted by Crippen LogP contribution is 2.24. The van der Waals surface area contributed by atoms with Gasteiger partial charge in [0.05, 0.1) is 0 Å². The van der Waals surface area contributed by atoms with E-state index in [1.807, 2.05) is 42.7 Å². The first-order valence-electron chi connectivity index (χ1n) is 5.92. The van der Waals surface area contributed by atoms with E-state index in [9.17, 15) is 0 Å². The molecule has 0 spiro atoms. The predicted molar refractivity (Wildman–Crippen MR) is 69.7 cm³/mol. The molecule has 3 rings (SSSR count). The molecule has 0 aliphatic carbocycles. The zero-order chi connectivity index (χ0) is 12.5. The van der Waals surface area contributed by atoms with Gasteiger partial charge in [-0.25, -0.2) is 9.55 Å². The molecule has 19 heavy (non-hydrogen) atoms. The molecule has 5 heteroatoms. The molecule has 0 saturated heterocycles. The Balaban J connectivity index is 0.00000133. The lowest BCUT2D eigenvalue weighted by Crippen LogP contribution is -3.00. The zero-order valence-electron chi connectivity index (χ0n) is 10.5. The van der Waals surface area contributed by atoms with Gasteiger partial charge in [0.1, 0.15) is 12.1 Å². The predicted octanol–water partition coefficient (Wildman–Crippen LogP) is -0.612. The first-order chi connectivity index (χ1) is 8.76. The number of nitrogens with two attached hydrogens (primary N) is 1. The standard InChI is InChI=1S/C14H14N3O.HI/c1-2-17-7-5-10(6-8-17)14-16-12-9-11(15)3-4-13(12)18-14;/h3-9H,2,15H2,1H3;1H/q+1;/p-1. The van der Waals surface area contributed by atoms with Gasteiger partial charge in [-0.2, -0.15) is 0 Å². The molecule has 3 aromatic rings. The Bertz CT molecular complexity index is 691. The van der Waals surface area contributed by atoms with Gasteiger partial charge in [0.2, 0.25) is 5.89 Å². The Morgan fingerprint density at radius 3 is 2.63 bits per heavy atom. The molecular weight excluding hydrogens is 353 g/mol. The van der Waals surface area contributed by atoms with Crippen LogP contribution < -0.4 is 34.3 Å². The molecule has 0 saturated carbocycles. The second-order valence-corrected chi connectivity index (χ2v) is 4.16. The molecule has 2 aromatic heterocycles. The van der Waals surface area contributed by atoms with Gasteiger partial charge in [-0.3, -0.25) is 0 Å². The summed E-state index contributed by atoms with van der Waals surface area (Å²) in [6, 6.07) is 9.47. The van der Waals surface area contributed by atoms with Gasteiger partial charge in [0, 0.05) is 23.4 Å². The Morgan fingerprint density at radius 1 is 1.21 bits per heavy atom. The number of fused-ring (bicyclic) bond motifs is 1. The maximum Gasteiger partial charge on any atom is 0.227 e. The van der Waals surface area contributed by atoms with Gasteiger partial charge in [-0.1, -0.05) is 0 Å². The Hall–Kier alpha value is -1.63. The number of nitrogens with zero attached hydrogens (tertiary/aromatic N) is 2. The summed E-state index contributed by atoms with van der Waals surface area (Å²) in [4.78, 5) is 4.44. The molecule has 0 amide bonds. The van der Waals surface area contributed by atoms with Crippen molar-refractivity contribution in [3.8, 4) is 11.5 Å². The van der Waals surface area contributed by atoms with Crippen molar-refractivity contribution in [3.63, 3.8) is 0 Å². The fourth-order valence-electron chi connectivity index (χ4n) is 1.88. The molecule has 0 aliphatic heterocycles. The van der Waals surface area contributed by atoms with Crippen LogP contribution in [0.3, 0.4) is 0 Å². The lowest BCUT2D eigenvalue weighted by Gasteiger charge is -1.93. The van der Waals surface area contributed by atoms with E-state index in [0.29, 0.717) is 11.6 Å². The molecule has 4 nitrogen and oxygen atoms in total. The Labute approximate surface area is 128 Å². The van der Waals surface area contributed by atoms with Crippen molar-refractivity contribution in [2.45, 2.75) is 13.5 Å². The number of halogens is 1. The molecule has 98 valence electrons. The lowest BCUT2D eigenvalue weighted by atomic mass is 10.2. The zero-order valence-corrected chi connectivity index (χ0v) is 12.7. The van der Waals surface area contributed by atoms with Crippen LogP contribution in [-0.4, -0.2) is 4.98 Å². The summed E-state index contributed by atoms with van der Waals surface area (Å²) in [6.45, 7) is 3.05. The summed E-state index contributed by atoms with van der Waals surface area (Å²) in [7, 11) is 0. The molecule has 2 N–H and O–H groups in total. The van der Waals surface area contributed by atoms with Gasteiger partial charge in [0.15, 0.2) is 18.0 Å². The van der Waals surface area contributed by atoms with Crippen molar-refractivity contribution in [1.29, 1.82) is 0 Å². The van der Waals surface area contributed by atoms with E-state index in [2.05, 4.69) is 16.5 Å². The molecule has 0 radical (unpaired) electrons. The summed E-state index contributed by atoms with van der Waals surface area (Å²) in [5.74, 6) is 0.624. The minimum absolute atomic E-state index is 0. The van der Waals surface area contributed by atoms with E-state index in [4.69, 9.17) is 10.2 Å². The smallest absolute Gasteiger partial charge is 0.227 e. The van der Waals surface area contributed by atoms with Gasteiger partial charge in [-0.05, 0) is 25.1 Å². The van der Waals surface area contributed by atoms with E-state index < -0.39 is 0 Å². The number of hydrogen-bond acceptors (Lipinski definition) is 3. The minimum Gasteiger partial charge on any atom is -1.00 e. The summed E-state index contributed by atoms with van der Waals surface area (Å²) in [6.07, 6.45) is 4.02. The maximum atomic E-state index is 5.72. The van der Waals surface area contributed by atoms with Crippen LogP contribution in [0.2, 0.25) is 0 Å². The first-order valence-corrected chi connectivity index (χ1v) is 5.92. The van der Waals surface area contributed by atoms with E-state index in [-0.39, 0.29) is 24.0 Å². The second kappa shape index (κ2) is 5.56. The van der Waals surface area contributed by atoms with E-state index in [1.54, 1.807) is 0 Å². The van der Waals surface area contributed by atoms with Gasteiger partial charge >= 0.3 is 0 Å². The fraction of sp³-hybridized carbons (Fsp3) is 0.143. The topological polar surface area (TPSA) is 55.9 Å². The summed E-state index contributed by atoms with van der Waals surface area (Å²) >= 11 is 0. The average molecular weight is 367 g/mol. The van der Waals surface area contributed by atoms with Crippen molar-refractivity contribution < 1.29 is 33.0 Å². The van der Waals surface area contributed by atoms with Crippen LogP contribution in [0.1, 0.15) is 6.92 Å². The normalized spacial score (nSPS) is 10.4. The third-order valence-electron chi connectivity index (χ3n) is 2.91. The number of nitrogen functional groups attached to an aromatic ring is 1. The molecule has 0 fully saturated rings. The van der Waals surface area contributed by atoms with E-state index >= 15 is 0 Å². The maximum absolute atomic E-state index is 5.72. The first kappa shape index (κ1) is 13.8. The van der Waals surface area contributed by atoms with E-state index in [1.165, 1.54) is 0 Å². The quantitative estimate of drug-likeness (QED) is 0.374. The summed E-state index contributed by atoms with van der Waals surface area (Å²) in [5.41, 5.74) is 8.93. The lowest BCUT2D eigenvalue weighted by molar-refractivity contribution is -0.693. The highest BCUT2D eigenvalue weighted by atomic mass is 127. The highest BCUT2D eigenvalue weighted by Gasteiger charge is 2.09. The number of aryl methyl sites for hydroxylation is 1. The van der Waals surface area contributed by atoms with Crippen molar-refractivity contribution in [2.24, 2.45) is 0 Å². The summed E-state index contributed by atoms with van der Waals surface area (Å²) < 4.78 is 7.79. The Morgan fingerprint density at radius 2 is 1.95 bits per heavy atom. The molecule has 1 aromatic carbocycles. The highest BCUT2D eigenvalue weighted by molar-refractivity contribution is 5.79. The van der Waals surface area contributed by atoms with Crippen LogP contribution >= 0.6 is 0 Å². The molecule has 0 aliphatic rings. The molecule has 0 unspecified atom stereocenters. The number of benzene rings is 1. The van der Waals surface area contributed by atoms with Crippen molar-refractivity contribution in [2.75, 3.05) is 5.73 Å². The van der Waals surface area contributed by atoms with Gasteiger partial charge < -0.3 is 34.1 Å². The number of hydrogen-bond donors (Lipinski definition) is 1. The number of pyridine rings is 1. The van der Waals surface area contributed by atoms with E-state index in [0.717, 1.165) is 23.2 Å². The van der Waals surface area contributed by atoms with Crippen LogP contribution in [0.25, 0.3) is 22.6 Å². The van der Waals surface area contributed by atoms with Crippen molar-refractivity contribution in [3.05, 3.63) is 42.7 Å². The number of aromatic nitrogens is 2. The van der Waals surface area contributed by atoms with Crippen molar-refractivity contribution in [1.82, 2.24) is 4.98 Å². The van der Waals surface area contributed by atoms with Crippen molar-refractivity contribution >= 4 is 16.8 Å². The van der Waals surface area contributed by atoms with Crippen LogP contribution in [0.5, 0.6) is 0 Å². The minimum atomic E-state index is 0.